The van der Waals surface area contributed by atoms with Crippen LogP contribution in [0.15, 0.2) is 255 Å². The van der Waals surface area contributed by atoms with E-state index in [0.29, 0.717) is 0 Å². The summed E-state index contributed by atoms with van der Waals surface area (Å²) < 4.78 is 0. The maximum Gasteiger partial charge on any atom is 0.0449 e. The van der Waals surface area contributed by atoms with Crippen LogP contribution in [0.5, 0.6) is 0 Å². The van der Waals surface area contributed by atoms with Crippen molar-refractivity contribution in [3.63, 3.8) is 0 Å². The first-order chi connectivity index (χ1) is 71.0. The molecule has 0 aliphatic heterocycles. The molecule has 0 bridgehead atoms. The first-order valence-electron chi connectivity index (χ1n) is 52.3. The van der Waals surface area contributed by atoms with Crippen molar-refractivity contribution in [2.45, 2.75) is 234 Å². The van der Waals surface area contributed by atoms with Gasteiger partial charge in [-0.1, -0.05) is 157 Å². The summed E-state index contributed by atoms with van der Waals surface area (Å²) in [6.45, 7) is 13.9. The number of hydrogen-bond donors (Lipinski definition) is 0. The van der Waals surface area contributed by atoms with E-state index in [1.165, 1.54) is 395 Å². The molecule has 0 atom stereocenters. The highest BCUT2D eigenvalue weighted by Crippen LogP contribution is 2.57. The Morgan fingerprint density at radius 1 is 0.111 bits per heavy atom. The summed E-state index contributed by atoms with van der Waals surface area (Å²) in [4.78, 5) is 48.9. The van der Waals surface area contributed by atoms with Crippen LogP contribution in [0.2, 0.25) is 0 Å². The van der Waals surface area contributed by atoms with Crippen LogP contribution in [-0.2, 0) is 38.5 Å². The average molecular weight is 2210 g/mol. The Balaban J connectivity index is 0.748. The fraction of sp³-hybridized carbons (Fsp3) is 0.286. The van der Waals surface area contributed by atoms with E-state index >= 15 is 0 Å². The Morgan fingerprint density at radius 3 is 0.340 bits per heavy atom. The largest absolute Gasteiger partial charge is 0.139 e. The van der Waals surface area contributed by atoms with Crippen molar-refractivity contribution in [3.8, 4) is 180 Å². The second kappa shape index (κ2) is 47.6. The molecule has 0 saturated heterocycles. The minimum atomic E-state index is 1.16. The van der Waals surface area contributed by atoms with Gasteiger partial charge in [0, 0.05) is 209 Å². The summed E-state index contributed by atoms with van der Waals surface area (Å²) in [7, 11) is 0. The molecular weight excluding hydrogens is 2090 g/mol. The van der Waals surface area contributed by atoms with Crippen molar-refractivity contribution in [1.82, 2.24) is 0 Å². The zero-order valence-corrected chi connectivity index (χ0v) is 97.5. The summed E-state index contributed by atoms with van der Waals surface area (Å²) in [5.74, 6) is 0. The van der Waals surface area contributed by atoms with Crippen LogP contribution >= 0.6 is 204 Å². The number of rotatable bonds is 48. The number of fused-ring (bicyclic) bond motifs is 6. The molecule has 22 rings (SSSR count). The Morgan fingerprint density at radius 2 is 0.215 bits per heavy atom. The number of unbranched alkanes of at least 4 members (excludes halogenated alkanes) is 18. The van der Waals surface area contributed by atoms with Crippen molar-refractivity contribution in [3.05, 3.63) is 284 Å². The summed E-state index contributed by atoms with van der Waals surface area (Å²) in [6.07, 6.45) is 37.7. The molecule has 732 valence electrons. The fourth-order valence-corrected chi connectivity index (χ4v) is 39.5. The van der Waals surface area contributed by atoms with E-state index in [2.05, 4.69) is 296 Å². The van der Waals surface area contributed by atoms with Crippen LogP contribution in [-0.4, -0.2) is 0 Å². The Hall–Kier alpha value is -7.74. The molecule has 0 unspecified atom stereocenters. The van der Waals surface area contributed by atoms with Crippen LogP contribution in [0.4, 0.5) is 0 Å². The lowest BCUT2D eigenvalue weighted by Crippen LogP contribution is -1.92. The zero-order chi connectivity index (χ0) is 97.4. The van der Waals surface area contributed by atoms with Crippen molar-refractivity contribution in [2.24, 2.45) is 0 Å². The van der Waals surface area contributed by atoms with Gasteiger partial charge in [-0.25, -0.2) is 0 Å². The molecule has 0 aliphatic carbocycles. The molecule has 0 N–H and O–H groups in total. The van der Waals surface area contributed by atoms with Crippen LogP contribution in [0.1, 0.15) is 225 Å². The van der Waals surface area contributed by atoms with Crippen molar-refractivity contribution in [2.75, 3.05) is 0 Å². The third-order valence-corrected chi connectivity index (χ3v) is 50.2. The SMILES string of the molecule is CCCCCCc1ccc(-c2ccc(-c3ccc(-c4cc5c6cc(-c7ccc(-c8ccc(-c9ccc(CCCCCC)s9)s8)s7)c(-c7ccc(-c8ccc(-c9ccc(CCCCCC)s9)s8)s7)cc6c6cc(-c7ccc(-c8ccc(-c9ccc(CCCCCC)s9)s8)s7)c(-c7ccc(-c8ccc(-c9ccc(CCCCCC)s9)s8)s7)cc6c5cc4-c4ccc(-c5ccc(-c6ccc(CCCCCC)s6)s5)s4)s3)s2)s1. The monoisotopic (exact) mass is 2210 g/mol. The van der Waals surface area contributed by atoms with E-state index in [9.17, 15) is 0 Å². The molecule has 18 heteroatoms. The molecule has 0 radical (unpaired) electrons. The normalized spacial score (nSPS) is 12.0. The first-order valence-corrected chi connectivity index (χ1v) is 67.0. The van der Waals surface area contributed by atoms with Crippen LogP contribution < -0.4 is 0 Å². The molecule has 18 aromatic heterocycles. The molecule has 4 aromatic carbocycles. The third-order valence-electron chi connectivity index (χ3n) is 27.8. The van der Waals surface area contributed by atoms with E-state index < -0.39 is 0 Å². The van der Waals surface area contributed by atoms with Gasteiger partial charge in [-0.3, -0.25) is 0 Å². The molecule has 0 aliphatic rings. The smallest absolute Gasteiger partial charge is 0.0449 e. The topological polar surface area (TPSA) is 0 Å². The number of aryl methyl sites for hydroxylation is 6. The van der Waals surface area contributed by atoms with E-state index in [1.54, 1.807) is 0 Å². The van der Waals surface area contributed by atoms with E-state index in [4.69, 9.17) is 0 Å². The standard InChI is InChI=1S/C126H120S18/c1-7-13-19-25-31-79-37-43-103(127-79)109-61-67-121(139-109)115-55-49-97(133-115)91-73-85-86(74-92(91)98-50-56-116(134-98)122-68-62-110(140-122)104-44-38-80(128-104)32-26-20-14-8-2)88-76-94(100-52-58-118(136-100)124-70-64-112(142-124)106-46-40-82(130-106)34-28-22-16-10-4)96(102-54-60-120(138-102)126-72-66-114(144-126)108-48-42-84(132-108)36-30-24-18-12-6)78-90(88)89-77-95(101-53-59-119(137-101)125-71-65-113(143-125)107-47-41-83(131-107)35-29-23-17-11-5)93(75-87(85)89)99-51-57-117(135-99)123-69-63-111(141-123)105-45-39-81(129-105)33-27-21-15-9-3/h37-78H,7-36H2,1-6H3. The summed E-state index contributed by atoms with van der Waals surface area (Å²) in [5.41, 5.74) is 7.63. The second-order valence-corrected chi connectivity index (χ2v) is 58.3. The minimum Gasteiger partial charge on any atom is -0.139 e. The van der Waals surface area contributed by atoms with Gasteiger partial charge >= 0.3 is 0 Å². The zero-order valence-electron chi connectivity index (χ0n) is 82.8. The van der Waals surface area contributed by atoms with Gasteiger partial charge in [0.25, 0.3) is 0 Å². The second-order valence-electron chi connectivity index (χ2n) is 38.3. The quantitative estimate of drug-likeness (QED) is 0.0263. The summed E-state index contributed by atoms with van der Waals surface area (Å²) >= 11 is 35.5. The third kappa shape index (κ3) is 23.0. The Kier molecular flexibility index (Phi) is 33.3. The van der Waals surface area contributed by atoms with Gasteiger partial charge in [0.2, 0.25) is 0 Å². The number of benzene rings is 4. The number of hydrogen-bond acceptors (Lipinski definition) is 18. The van der Waals surface area contributed by atoms with Crippen molar-refractivity contribution >= 4 is 236 Å². The van der Waals surface area contributed by atoms with E-state index in [-0.39, 0.29) is 0 Å². The van der Waals surface area contributed by atoms with E-state index in [0.717, 1.165) is 38.5 Å². The van der Waals surface area contributed by atoms with Gasteiger partial charge in [-0.05, 0) is 364 Å². The predicted molar refractivity (Wildman–Crippen MR) is 666 cm³/mol. The first kappa shape index (κ1) is 101. The highest BCUT2D eigenvalue weighted by molar-refractivity contribution is 7.32. The Labute approximate surface area is 923 Å². The van der Waals surface area contributed by atoms with Gasteiger partial charge in [0.05, 0.1) is 0 Å². The fourth-order valence-electron chi connectivity index (χ4n) is 19.9. The summed E-state index contributed by atoms with van der Waals surface area (Å²) in [6, 6.07) is 103. The molecule has 0 fully saturated rings. The highest BCUT2D eigenvalue weighted by atomic mass is 32.2. The maximum absolute atomic E-state index is 2.67. The lowest BCUT2D eigenvalue weighted by molar-refractivity contribution is 0.670. The molecule has 18 heterocycles. The number of thiophene rings is 18. The lowest BCUT2D eigenvalue weighted by atomic mass is 9.86. The van der Waals surface area contributed by atoms with Gasteiger partial charge in [0.15, 0.2) is 0 Å². The molecule has 22 aromatic rings. The van der Waals surface area contributed by atoms with Gasteiger partial charge in [-0.15, -0.1) is 204 Å². The van der Waals surface area contributed by atoms with Gasteiger partial charge in [-0.2, -0.15) is 0 Å². The molecule has 0 amide bonds. The van der Waals surface area contributed by atoms with Crippen LogP contribution in [0.3, 0.4) is 0 Å². The maximum atomic E-state index is 2.67. The minimum absolute atomic E-state index is 1.16. The molecule has 0 saturated carbocycles. The average Bonchev–Trinajstić information content (AvgIpc) is 1.16. The van der Waals surface area contributed by atoms with Crippen molar-refractivity contribution < 1.29 is 0 Å². The van der Waals surface area contributed by atoms with Crippen molar-refractivity contribution in [1.29, 1.82) is 0 Å². The van der Waals surface area contributed by atoms with Gasteiger partial charge in [0.1, 0.15) is 0 Å². The predicted octanol–water partition coefficient (Wildman–Crippen LogP) is 49.0. The summed E-state index contributed by atoms with van der Waals surface area (Å²) in [5, 5.41) is 7.63. The van der Waals surface area contributed by atoms with E-state index in [1.807, 2.05) is 204 Å². The Bertz CT molecular complexity index is 6810. The van der Waals surface area contributed by atoms with Crippen LogP contribution in [0, 0.1) is 0 Å². The highest BCUT2D eigenvalue weighted by Gasteiger charge is 2.28. The lowest BCUT2D eigenvalue weighted by Gasteiger charge is -2.19. The van der Waals surface area contributed by atoms with Gasteiger partial charge < -0.3 is 0 Å². The molecule has 0 spiro atoms. The molecular formula is C126H120S18. The van der Waals surface area contributed by atoms with Crippen LogP contribution in [0.25, 0.3) is 212 Å². The molecule has 0 nitrogen and oxygen atoms in total. The molecule has 144 heavy (non-hydrogen) atoms.